The molecule has 0 aromatic carbocycles. The molecular formula is C13H22F2O2. The molecule has 0 radical (unpaired) electrons. The van der Waals surface area contributed by atoms with Crippen LogP contribution in [-0.2, 0) is 4.79 Å². The lowest BCUT2D eigenvalue weighted by molar-refractivity contribution is -0.151. The summed E-state index contributed by atoms with van der Waals surface area (Å²) in [5, 5.41) is 8.92. The molecule has 1 aliphatic rings. The van der Waals surface area contributed by atoms with E-state index in [4.69, 9.17) is 5.11 Å². The highest BCUT2D eigenvalue weighted by atomic mass is 19.3. The predicted octanol–water partition coefficient (Wildman–Crippen LogP) is 3.95. The van der Waals surface area contributed by atoms with E-state index in [-0.39, 0.29) is 25.2 Å². The van der Waals surface area contributed by atoms with Gasteiger partial charge in [-0.2, -0.15) is 0 Å². The number of carboxylic acid groups (broad SMARTS) is 1. The number of carbonyl (C=O) groups is 1. The van der Waals surface area contributed by atoms with Gasteiger partial charge >= 0.3 is 5.97 Å². The first-order chi connectivity index (χ1) is 7.86. The molecule has 0 aromatic heterocycles. The van der Waals surface area contributed by atoms with Gasteiger partial charge in [0.1, 0.15) is 0 Å². The van der Waals surface area contributed by atoms with Crippen molar-refractivity contribution in [1.82, 2.24) is 0 Å². The van der Waals surface area contributed by atoms with Crippen LogP contribution in [0, 0.1) is 17.8 Å². The molecule has 2 nitrogen and oxygen atoms in total. The highest BCUT2D eigenvalue weighted by molar-refractivity contribution is 5.70. The number of rotatable bonds is 5. The Labute approximate surface area is 101 Å². The molecule has 100 valence electrons. The Hall–Kier alpha value is -0.670. The van der Waals surface area contributed by atoms with Gasteiger partial charge in [-0.25, -0.2) is 8.78 Å². The third-order valence-corrected chi connectivity index (χ3v) is 3.81. The summed E-state index contributed by atoms with van der Waals surface area (Å²) in [5.41, 5.74) is 0. The summed E-state index contributed by atoms with van der Waals surface area (Å²) < 4.78 is 27.4. The van der Waals surface area contributed by atoms with Crippen molar-refractivity contribution >= 4 is 5.97 Å². The fourth-order valence-electron chi connectivity index (χ4n) is 2.79. The van der Waals surface area contributed by atoms with Gasteiger partial charge in [-0.1, -0.05) is 26.7 Å². The first-order valence-electron chi connectivity index (χ1n) is 6.47. The largest absolute Gasteiger partial charge is 0.481 e. The summed E-state index contributed by atoms with van der Waals surface area (Å²) in [6, 6.07) is 0. The van der Waals surface area contributed by atoms with Crippen LogP contribution in [0.25, 0.3) is 0 Å². The molecule has 0 bridgehead atoms. The second kappa shape index (κ2) is 5.78. The van der Waals surface area contributed by atoms with Gasteiger partial charge in [-0.3, -0.25) is 4.79 Å². The summed E-state index contributed by atoms with van der Waals surface area (Å²) >= 11 is 0. The van der Waals surface area contributed by atoms with E-state index in [1.54, 1.807) is 0 Å². The maximum absolute atomic E-state index is 13.7. The van der Waals surface area contributed by atoms with Gasteiger partial charge in [-0.15, -0.1) is 0 Å². The highest BCUT2D eigenvalue weighted by Crippen LogP contribution is 2.44. The number of aliphatic carboxylic acids is 1. The minimum Gasteiger partial charge on any atom is -0.481 e. The van der Waals surface area contributed by atoms with Crippen LogP contribution in [0.1, 0.15) is 52.4 Å². The number of carboxylic acids is 1. The van der Waals surface area contributed by atoms with Crippen LogP contribution in [-0.4, -0.2) is 17.0 Å². The van der Waals surface area contributed by atoms with Gasteiger partial charge in [0.15, 0.2) is 0 Å². The van der Waals surface area contributed by atoms with Crippen molar-refractivity contribution in [3.8, 4) is 0 Å². The van der Waals surface area contributed by atoms with E-state index in [1.807, 2.05) is 13.8 Å². The van der Waals surface area contributed by atoms with Gasteiger partial charge in [0.05, 0.1) is 5.92 Å². The quantitative estimate of drug-likeness (QED) is 0.799. The summed E-state index contributed by atoms with van der Waals surface area (Å²) in [7, 11) is 0. The molecule has 1 N–H and O–H groups in total. The number of hydrogen-bond donors (Lipinski definition) is 1. The first kappa shape index (κ1) is 14.4. The molecule has 17 heavy (non-hydrogen) atoms. The van der Waals surface area contributed by atoms with E-state index in [0.29, 0.717) is 6.42 Å². The molecule has 0 saturated heterocycles. The molecule has 1 rings (SSSR count). The van der Waals surface area contributed by atoms with Crippen molar-refractivity contribution in [2.45, 2.75) is 58.3 Å². The third kappa shape index (κ3) is 3.93. The second-order valence-corrected chi connectivity index (χ2v) is 5.40. The molecule has 1 saturated carbocycles. The van der Waals surface area contributed by atoms with Crippen molar-refractivity contribution in [3.63, 3.8) is 0 Å². The summed E-state index contributed by atoms with van der Waals surface area (Å²) in [4.78, 5) is 10.9. The Morgan fingerprint density at radius 2 is 2.18 bits per heavy atom. The maximum atomic E-state index is 13.7. The average Bonchev–Trinajstić information content (AvgIpc) is 2.21. The van der Waals surface area contributed by atoms with E-state index in [9.17, 15) is 13.6 Å². The van der Waals surface area contributed by atoms with Crippen LogP contribution in [0.3, 0.4) is 0 Å². The molecule has 4 heteroatoms. The number of halogens is 2. The second-order valence-electron chi connectivity index (χ2n) is 5.40. The smallest absolute Gasteiger partial charge is 0.306 e. The van der Waals surface area contributed by atoms with E-state index in [2.05, 4.69) is 0 Å². The van der Waals surface area contributed by atoms with Gasteiger partial charge < -0.3 is 5.11 Å². The predicted molar refractivity (Wildman–Crippen MR) is 62.1 cm³/mol. The maximum Gasteiger partial charge on any atom is 0.306 e. The lowest BCUT2D eigenvalue weighted by Crippen LogP contribution is -2.38. The summed E-state index contributed by atoms with van der Waals surface area (Å²) in [5.74, 6) is -4.67. The molecule has 0 heterocycles. The van der Waals surface area contributed by atoms with Crippen molar-refractivity contribution in [1.29, 1.82) is 0 Å². The van der Waals surface area contributed by atoms with Crippen LogP contribution in [0.5, 0.6) is 0 Å². The van der Waals surface area contributed by atoms with Crippen molar-refractivity contribution in [2.75, 3.05) is 0 Å². The van der Waals surface area contributed by atoms with Crippen molar-refractivity contribution in [2.24, 2.45) is 17.8 Å². The van der Waals surface area contributed by atoms with Crippen LogP contribution >= 0.6 is 0 Å². The number of hydrogen-bond acceptors (Lipinski definition) is 1. The normalized spacial score (nSPS) is 29.9. The SMILES string of the molecule is CCCC(C)CC1CC(C(=O)O)CCC1(F)F. The fourth-order valence-corrected chi connectivity index (χ4v) is 2.79. The Morgan fingerprint density at radius 1 is 1.53 bits per heavy atom. The van der Waals surface area contributed by atoms with Gasteiger partial charge in [0.2, 0.25) is 0 Å². The van der Waals surface area contributed by atoms with E-state index >= 15 is 0 Å². The molecule has 1 fully saturated rings. The van der Waals surface area contributed by atoms with E-state index < -0.39 is 23.7 Å². The van der Waals surface area contributed by atoms with E-state index in [0.717, 1.165) is 12.8 Å². The Morgan fingerprint density at radius 3 is 2.71 bits per heavy atom. The van der Waals surface area contributed by atoms with Crippen molar-refractivity contribution in [3.05, 3.63) is 0 Å². The third-order valence-electron chi connectivity index (χ3n) is 3.81. The Balaban J connectivity index is 2.61. The van der Waals surface area contributed by atoms with Crippen molar-refractivity contribution < 1.29 is 18.7 Å². The molecule has 0 aliphatic heterocycles. The number of alkyl halides is 2. The van der Waals surface area contributed by atoms with Crippen LogP contribution < -0.4 is 0 Å². The molecule has 3 unspecified atom stereocenters. The van der Waals surface area contributed by atoms with Gasteiger partial charge in [0, 0.05) is 12.3 Å². The van der Waals surface area contributed by atoms with Crippen LogP contribution in [0.15, 0.2) is 0 Å². The fraction of sp³-hybridized carbons (Fsp3) is 0.923. The van der Waals surface area contributed by atoms with Crippen LogP contribution in [0.4, 0.5) is 8.78 Å². The summed E-state index contributed by atoms with van der Waals surface area (Å²) in [6.45, 7) is 4.01. The zero-order chi connectivity index (χ0) is 13.1. The monoisotopic (exact) mass is 248 g/mol. The minimum atomic E-state index is -2.67. The molecule has 0 aromatic rings. The lowest BCUT2D eigenvalue weighted by atomic mass is 9.74. The zero-order valence-corrected chi connectivity index (χ0v) is 10.6. The van der Waals surface area contributed by atoms with Gasteiger partial charge in [-0.05, 0) is 25.2 Å². The molecule has 1 aliphatic carbocycles. The molecule has 3 atom stereocenters. The zero-order valence-electron chi connectivity index (χ0n) is 10.6. The Kier molecular flexibility index (Phi) is 4.90. The first-order valence-corrected chi connectivity index (χ1v) is 6.47. The summed E-state index contributed by atoms with van der Waals surface area (Å²) in [6.07, 6.45) is 2.35. The highest BCUT2D eigenvalue weighted by Gasteiger charge is 2.46. The minimum absolute atomic E-state index is 0.112. The average molecular weight is 248 g/mol. The standard InChI is InChI=1S/C13H22F2O2/c1-3-4-9(2)7-11-8-10(12(16)17)5-6-13(11,14)15/h9-11H,3-8H2,1-2H3,(H,16,17). The molecular weight excluding hydrogens is 226 g/mol. The molecule has 0 spiro atoms. The van der Waals surface area contributed by atoms with E-state index in [1.165, 1.54) is 0 Å². The van der Waals surface area contributed by atoms with Crippen LogP contribution in [0.2, 0.25) is 0 Å². The Bertz CT molecular complexity index is 266. The topological polar surface area (TPSA) is 37.3 Å². The van der Waals surface area contributed by atoms with Gasteiger partial charge in [0.25, 0.3) is 5.92 Å². The molecule has 0 amide bonds. The lowest BCUT2D eigenvalue weighted by Gasteiger charge is -2.35.